The summed E-state index contributed by atoms with van der Waals surface area (Å²) >= 11 is 0. The van der Waals surface area contributed by atoms with Crippen LogP contribution in [0.5, 0.6) is 0 Å². The van der Waals surface area contributed by atoms with Crippen molar-refractivity contribution in [1.82, 2.24) is 5.09 Å². The van der Waals surface area contributed by atoms with E-state index in [1.54, 1.807) is 0 Å². The Kier molecular flexibility index (Phi) is 3.57. The van der Waals surface area contributed by atoms with Gasteiger partial charge in [0.1, 0.15) is 0 Å². The largest absolute Gasteiger partial charge is 0.322 e. The van der Waals surface area contributed by atoms with Crippen LogP contribution in [0.15, 0.2) is 0 Å². The fourth-order valence-electron chi connectivity index (χ4n) is 0.695. The van der Waals surface area contributed by atoms with Gasteiger partial charge in [-0.2, -0.15) is 0 Å². The van der Waals surface area contributed by atoms with Gasteiger partial charge in [-0.3, -0.25) is 5.09 Å². The summed E-state index contributed by atoms with van der Waals surface area (Å²) in [5.41, 5.74) is 0. The summed E-state index contributed by atoms with van der Waals surface area (Å²) in [6.07, 6.45) is 1.36. The Morgan fingerprint density at radius 2 is 2.40 bits per heavy atom. The third-order valence-corrected chi connectivity index (χ3v) is 2.59. The van der Waals surface area contributed by atoms with Gasteiger partial charge in [0.05, 0.1) is 12.7 Å². The van der Waals surface area contributed by atoms with Gasteiger partial charge < -0.3 is 9.05 Å². The minimum Gasteiger partial charge on any atom is -0.322 e. The van der Waals surface area contributed by atoms with E-state index < -0.39 is 8.53 Å². The van der Waals surface area contributed by atoms with E-state index in [9.17, 15) is 0 Å². The summed E-state index contributed by atoms with van der Waals surface area (Å²) in [6.45, 7) is 5.90. The smallest absolute Gasteiger partial charge is 0.256 e. The number of rotatable bonds is 2. The highest BCUT2D eigenvalue weighted by atomic mass is 31.2. The van der Waals surface area contributed by atoms with E-state index in [0.717, 1.165) is 19.6 Å². The molecule has 0 spiro atoms. The van der Waals surface area contributed by atoms with Crippen LogP contribution in [-0.4, -0.2) is 19.3 Å². The summed E-state index contributed by atoms with van der Waals surface area (Å²) in [4.78, 5) is 0. The Morgan fingerprint density at radius 3 is 2.90 bits per heavy atom. The van der Waals surface area contributed by atoms with Crippen molar-refractivity contribution in [1.29, 1.82) is 0 Å². The van der Waals surface area contributed by atoms with Gasteiger partial charge in [0.2, 0.25) is 0 Å². The maximum absolute atomic E-state index is 5.42. The van der Waals surface area contributed by atoms with E-state index in [0.29, 0.717) is 0 Å². The van der Waals surface area contributed by atoms with Crippen molar-refractivity contribution in [2.45, 2.75) is 26.4 Å². The Hall–Kier alpha value is 0.310. The molecule has 1 unspecified atom stereocenters. The summed E-state index contributed by atoms with van der Waals surface area (Å²) in [5, 5.41) is 3.17. The molecule has 0 aromatic heterocycles. The van der Waals surface area contributed by atoms with Crippen LogP contribution in [0.4, 0.5) is 0 Å². The molecule has 0 saturated carbocycles. The van der Waals surface area contributed by atoms with Crippen molar-refractivity contribution in [3.05, 3.63) is 0 Å². The van der Waals surface area contributed by atoms with Gasteiger partial charge in [-0.05, 0) is 20.3 Å². The maximum Gasteiger partial charge on any atom is 0.256 e. The first-order valence-corrected chi connectivity index (χ1v) is 4.80. The van der Waals surface area contributed by atoms with Crippen LogP contribution >= 0.6 is 8.53 Å². The lowest BCUT2D eigenvalue weighted by molar-refractivity contribution is 0.186. The molecule has 1 atom stereocenters. The summed E-state index contributed by atoms with van der Waals surface area (Å²) in [7, 11) is -0.761. The standard InChI is InChI=1S/C6H14NO2P/c1-6(2)9-10-7-4-3-5-8-10/h6-7H,3-5H2,1-2H3. The average molecular weight is 163 g/mol. The zero-order valence-corrected chi connectivity index (χ0v) is 7.36. The lowest BCUT2D eigenvalue weighted by Crippen LogP contribution is -2.21. The lowest BCUT2D eigenvalue weighted by atomic mass is 10.5. The molecule has 1 N–H and O–H groups in total. The lowest BCUT2D eigenvalue weighted by Gasteiger charge is -2.23. The van der Waals surface area contributed by atoms with E-state index in [2.05, 4.69) is 5.09 Å². The monoisotopic (exact) mass is 163 g/mol. The van der Waals surface area contributed by atoms with E-state index in [-0.39, 0.29) is 6.10 Å². The van der Waals surface area contributed by atoms with Crippen LogP contribution in [0.3, 0.4) is 0 Å². The molecular formula is C6H14NO2P. The summed E-state index contributed by atoms with van der Waals surface area (Å²) in [5.74, 6) is 0. The molecule has 1 saturated heterocycles. The molecule has 10 heavy (non-hydrogen) atoms. The second kappa shape index (κ2) is 4.24. The third kappa shape index (κ3) is 2.93. The Labute approximate surface area is 63.1 Å². The van der Waals surface area contributed by atoms with Crippen LogP contribution in [0.25, 0.3) is 0 Å². The van der Waals surface area contributed by atoms with E-state index in [1.807, 2.05) is 13.8 Å². The van der Waals surface area contributed by atoms with Crippen molar-refractivity contribution >= 4 is 8.53 Å². The minimum absolute atomic E-state index is 0.261. The highest BCUT2D eigenvalue weighted by molar-refractivity contribution is 7.45. The molecule has 0 aromatic rings. The van der Waals surface area contributed by atoms with Crippen LogP contribution in [0.2, 0.25) is 0 Å². The van der Waals surface area contributed by atoms with E-state index >= 15 is 0 Å². The molecule has 60 valence electrons. The number of hydrogen-bond acceptors (Lipinski definition) is 3. The second-order valence-electron chi connectivity index (χ2n) is 2.51. The van der Waals surface area contributed by atoms with Crippen LogP contribution in [0, 0.1) is 0 Å². The first-order valence-electron chi connectivity index (χ1n) is 3.62. The van der Waals surface area contributed by atoms with Crippen molar-refractivity contribution in [3.8, 4) is 0 Å². The molecule has 1 heterocycles. The molecule has 0 aliphatic carbocycles. The zero-order valence-electron chi connectivity index (χ0n) is 6.46. The highest BCUT2D eigenvalue weighted by Gasteiger charge is 2.15. The second-order valence-corrected chi connectivity index (χ2v) is 3.81. The normalized spacial score (nSPS) is 27.3. The Balaban J connectivity index is 2.13. The molecule has 0 aromatic carbocycles. The van der Waals surface area contributed by atoms with Gasteiger partial charge in [0.25, 0.3) is 8.53 Å². The van der Waals surface area contributed by atoms with Gasteiger partial charge in [-0.25, -0.2) is 0 Å². The van der Waals surface area contributed by atoms with Crippen molar-refractivity contribution in [2.24, 2.45) is 0 Å². The predicted octanol–water partition coefficient (Wildman–Crippen LogP) is 1.65. The molecule has 3 nitrogen and oxygen atoms in total. The van der Waals surface area contributed by atoms with Gasteiger partial charge in [-0.1, -0.05) is 0 Å². The van der Waals surface area contributed by atoms with E-state index in [4.69, 9.17) is 9.05 Å². The Morgan fingerprint density at radius 1 is 1.60 bits per heavy atom. The maximum atomic E-state index is 5.42. The molecular weight excluding hydrogens is 149 g/mol. The van der Waals surface area contributed by atoms with Gasteiger partial charge in [0, 0.05) is 6.54 Å². The average Bonchev–Trinajstić information content (AvgIpc) is 1.88. The minimum atomic E-state index is -0.761. The quantitative estimate of drug-likeness (QED) is 0.628. The van der Waals surface area contributed by atoms with Gasteiger partial charge >= 0.3 is 0 Å². The van der Waals surface area contributed by atoms with Gasteiger partial charge in [-0.15, -0.1) is 0 Å². The molecule has 0 bridgehead atoms. The molecule has 0 radical (unpaired) electrons. The Bertz CT molecular complexity index is 93.7. The van der Waals surface area contributed by atoms with Crippen LogP contribution in [-0.2, 0) is 9.05 Å². The predicted molar refractivity (Wildman–Crippen MR) is 41.7 cm³/mol. The fourth-order valence-corrected chi connectivity index (χ4v) is 1.94. The van der Waals surface area contributed by atoms with Crippen molar-refractivity contribution in [3.63, 3.8) is 0 Å². The number of hydrogen-bond donors (Lipinski definition) is 1. The molecule has 1 aliphatic rings. The van der Waals surface area contributed by atoms with Crippen molar-refractivity contribution in [2.75, 3.05) is 13.2 Å². The molecule has 1 aliphatic heterocycles. The zero-order chi connectivity index (χ0) is 7.40. The highest BCUT2D eigenvalue weighted by Crippen LogP contribution is 2.36. The van der Waals surface area contributed by atoms with Gasteiger partial charge in [0.15, 0.2) is 0 Å². The first-order chi connectivity index (χ1) is 4.79. The number of nitrogens with one attached hydrogen (secondary N) is 1. The first kappa shape index (κ1) is 8.41. The SMILES string of the molecule is CC(C)OP1NCCCO1. The summed E-state index contributed by atoms with van der Waals surface area (Å²) < 4.78 is 10.7. The van der Waals surface area contributed by atoms with Crippen molar-refractivity contribution < 1.29 is 9.05 Å². The molecule has 0 amide bonds. The molecule has 1 fully saturated rings. The van der Waals surface area contributed by atoms with E-state index in [1.165, 1.54) is 0 Å². The third-order valence-electron chi connectivity index (χ3n) is 1.08. The summed E-state index contributed by atoms with van der Waals surface area (Å²) in [6, 6.07) is 0. The topological polar surface area (TPSA) is 30.5 Å². The molecule has 1 rings (SSSR count). The van der Waals surface area contributed by atoms with Crippen LogP contribution in [0.1, 0.15) is 20.3 Å². The van der Waals surface area contributed by atoms with Crippen LogP contribution < -0.4 is 5.09 Å². The fraction of sp³-hybridized carbons (Fsp3) is 1.00. The molecule has 4 heteroatoms.